The molecule has 1 N–H and O–H groups in total. The molecule has 0 amide bonds. The van der Waals surface area contributed by atoms with Crippen molar-refractivity contribution in [2.45, 2.75) is 19.5 Å². The number of rotatable bonds is 4. The summed E-state index contributed by atoms with van der Waals surface area (Å²) in [6.07, 6.45) is 0. The minimum absolute atomic E-state index is 0.00909. The van der Waals surface area contributed by atoms with Gasteiger partial charge in [-0.2, -0.15) is 0 Å². The van der Waals surface area contributed by atoms with E-state index in [1.54, 1.807) is 6.07 Å². The van der Waals surface area contributed by atoms with Gasteiger partial charge in [-0.3, -0.25) is 0 Å². The predicted octanol–water partition coefficient (Wildman–Crippen LogP) is 4.44. The summed E-state index contributed by atoms with van der Waals surface area (Å²) in [6, 6.07) is 15.0. The van der Waals surface area contributed by atoms with Gasteiger partial charge in [0.25, 0.3) is 0 Å². The molecule has 0 aliphatic heterocycles. The molecule has 94 valence electrons. The molecule has 0 saturated carbocycles. The number of hydrogen-bond acceptors (Lipinski definition) is 1. The number of benzene rings is 2. The van der Waals surface area contributed by atoms with Crippen LogP contribution in [0.2, 0.25) is 0 Å². The van der Waals surface area contributed by atoms with Gasteiger partial charge < -0.3 is 5.32 Å². The molecule has 1 nitrogen and oxygen atoms in total. The van der Waals surface area contributed by atoms with E-state index in [9.17, 15) is 4.39 Å². The van der Waals surface area contributed by atoms with Gasteiger partial charge in [-0.25, -0.2) is 4.39 Å². The molecule has 0 bridgehead atoms. The Morgan fingerprint density at radius 2 is 1.94 bits per heavy atom. The summed E-state index contributed by atoms with van der Waals surface area (Å²) in [5.74, 6) is -0.160. The molecule has 1 unspecified atom stereocenters. The first-order chi connectivity index (χ1) is 8.66. The Kier molecular flexibility index (Phi) is 4.50. The van der Waals surface area contributed by atoms with Crippen LogP contribution in [0.3, 0.4) is 0 Å². The van der Waals surface area contributed by atoms with E-state index in [0.29, 0.717) is 5.56 Å². The summed E-state index contributed by atoms with van der Waals surface area (Å²) in [4.78, 5) is 0. The lowest BCUT2D eigenvalue weighted by atomic mass is 10.1. The first kappa shape index (κ1) is 13.2. The normalized spacial score (nSPS) is 12.4. The lowest BCUT2D eigenvalue weighted by molar-refractivity contribution is 0.528. The van der Waals surface area contributed by atoms with Gasteiger partial charge in [0.1, 0.15) is 5.82 Å². The molecule has 0 aliphatic carbocycles. The lowest BCUT2D eigenvalue weighted by Gasteiger charge is -2.15. The average Bonchev–Trinajstić information content (AvgIpc) is 2.37. The molecule has 2 aromatic carbocycles. The van der Waals surface area contributed by atoms with Crippen LogP contribution in [0.4, 0.5) is 4.39 Å². The Hall–Kier alpha value is -1.19. The van der Waals surface area contributed by atoms with Gasteiger partial charge in [-0.15, -0.1) is 0 Å². The molecule has 3 heteroatoms. The second-order valence-corrected chi connectivity index (χ2v) is 5.17. The molecule has 0 fully saturated rings. The zero-order valence-corrected chi connectivity index (χ0v) is 11.7. The minimum Gasteiger partial charge on any atom is -0.306 e. The highest BCUT2D eigenvalue weighted by atomic mass is 79.9. The Balaban J connectivity index is 2.00. The molecule has 0 radical (unpaired) electrons. The van der Waals surface area contributed by atoms with E-state index >= 15 is 0 Å². The van der Waals surface area contributed by atoms with Gasteiger partial charge in [0.15, 0.2) is 0 Å². The summed E-state index contributed by atoms with van der Waals surface area (Å²) < 4.78 is 14.6. The molecule has 18 heavy (non-hydrogen) atoms. The van der Waals surface area contributed by atoms with Crippen LogP contribution in [0.1, 0.15) is 24.1 Å². The van der Waals surface area contributed by atoms with Crippen molar-refractivity contribution >= 4 is 15.9 Å². The lowest BCUT2D eigenvalue weighted by Crippen LogP contribution is -2.19. The number of halogens is 2. The number of hydrogen-bond donors (Lipinski definition) is 1. The summed E-state index contributed by atoms with van der Waals surface area (Å²) in [7, 11) is 0. The Labute approximate surface area is 115 Å². The van der Waals surface area contributed by atoms with Crippen LogP contribution >= 0.6 is 15.9 Å². The maximum atomic E-state index is 13.6. The summed E-state index contributed by atoms with van der Waals surface area (Å²) >= 11 is 3.44. The van der Waals surface area contributed by atoms with E-state index < -0.39 is 0 Å². The van der Waals surface area contributed by atoms with Crippen LogP contribution < -0.4 is 5.32 Å². The largest absolute Gasteiger partial charge is 0.306 e. The van der Waals surface area contributed by atoms with Crippen molar-refractivity contribution in [2.24, 2.45) is 0 Å². The zero-order valence-electron chi connectivity index (χ0n) is 10.2. The quantitative estimate of drug-likeness (QED) is 0.880. The van der Waals surface area contributed by atoms with Crippen molar-refractivity contribution in [3.8, 4) is 0 Å². The standard InChI is InChI=1S/C15H15BrFN/c1-11(14-7-2-3-8-15(14)17)18-10-12-5-4-6-13(16)9-12/h2-9,11,18H,10H2,1H3. The van der Waals surface area contributed by atoms with E-state index in [2.05, 4.69) is 27.3 Å². The maximum absolute atomic E-state index is 13.6. The van der Waals surface area contributed by atoms with Crippen LogP contribution in [0, 0.1) is 5.82 Å². The van der Waals surface area contributed by atoms with Gasteiger partial charge in [0.05, 0.1) is 0 Å². The van der Waals surface area contributed by atoms with Crippen molar-refractivity contribution in [2.75, 3.05) is 0 Å². The Bertz CT molecular complexity index is 527. The Morgan fingerprint density at radius 3 is 2.67 bits per heavy atom. The van der Waals surface area contributed by atoms with Gasteiger partial charge in [-0.05, 0) is 30.7 Å². The predicted molar refractivity (Wildman–Crippen MR) is 75.8 cm³/mol. The third-order valence-corrected chi connectivity index (χ3v) is 3.37. The van der Waals surface area contributed by atoms with Gasteiger partial charge in [0, 0.05) is 22.6 Å². The Morgan fingerprint density at radius 1 is 1.17 bits per heavy atom. The van der Waals surface area contributed by atoms with Crippen molar-refractivity contribution < 1.29 is 4.39 Å². The summed E-state index contributed by atoms with van der Waals surface area (Å²) in [5, 5.41) is 3.32. The molecule has 0 saturated heterocycles. The highest BCUT2D eigenvalue weighted by molar-refractivity contribution is 9.10. The second kappa shape index (κ2) is 6.12. The topological polar surface area (TPSA) is 12.0 Å². The first-order valence-corrected chi connectivity index (χ1v) is 6.68. The fourth-order valence-electron chi connectivity index (χ4n) is 1.85. The molecule has 0 aromatic heterocycles. The van der Waals surface area contributed by atoms with Crippen molar-refractivity contribution in [3.63, 3.8) is 0 Å². The SMILES string of the molecule is CC(NCc1cccc(Br)c1)c1ccccc1F. The summed E-state index contributed by atoms with van der Waals surface area (Å²) in [6.45, 7) is 2.69. The highest BCUT2D eigenvalue weighted by Crippen LogP contribution is 2.17. The van der Waals surface area contributed by atoms with E-state index in [0.717, 1.165) is 11.0 Å². The highest BCUT2D eigenvalue weighted by Gasteiger charge is 2.09. The molecule has 2 rings (SSSR count). The fourth-order valence-corrected chi connectivity index (χ4v) is 2.30. The van der Waals surface area contributed by atoms with Gasteiger partial charge in [0.2, 0.25) is 0 Å². The van der Waals surface area contributed by atoms with Crippen molar-refractivity contribution in [3.05, 3.63) is 69.9 Å². The fraction of sp³-hybridized carbons (Fsp3) is 0.200. The minimum atomic E-state index is -0.160. The van der Waals surface area contributed by atoms with Crippen molar-refractivity contribution in [1.82, 2.24) is 5.32 Å². The average molecular weight is 308 g/mol. The molecule has 0 aliphatic rings. The molecule has 1 atom stereocenters. The van der Waals surface area contributed by atoms with Crippen LogP contribution in [0.15, 0.2) is 53.0 Å². The second-order valence-electron chi connectivity index (χ2n) is 4.25. The van der Waals surface area contributed by atoms with Crippen LogP contribution in [-0.2, 0) is 6.54 Å². The maximum Gasteiger partial charge on any atom is 0.127 e. The van der Waals surface area contributed by atoms with Gasteiger partial charge >= 0.3 is 0 Å². The van der Waals surface area contributed by atoms with Crippen LogP contribution in [0.5, 0.6) is 0 Å². The molecular formula is C15H15BrFN. The van der Waals surface area contributed by atoms with Crippen LogP contribution in [0.25, 0.3) is 0 Å². The van der Waals surface area contributed by atoms with Crippen LogP contribution in [-0.4, -0.2) is 0 Å². The monoisotopic (exact) mass is 307 g/mol. The number of nitrogens with one attached hydrogen (secondary N) is 1. The van der Waals surface area contributed by atoms with Crippen molar-refractivity contribution in [1.29, 1.82) is 0 Å². The third kappa shape index (κ3) is 3.40. The molecule has 0 heterocycles. The zero-order chi connectivity index (χ0) is 13.0. The molecular weight excluding hydrogens is 293 g/mol. The third-order valence-electron chi connectivity index (χ3n) is 2.87. The van der Waals surface area contributed by atoms with E-state index in [4.69, 9.17) is 0 Å². The van der Waals surface area contributed by atoms with E-state index in [1.165, 1.54) is 11.6 Å². The molecule has 2 aromatic rings. The molecule has 0 spiro atoms. The first-order valence-electron chi connectivity index (χ1n) is 5.89. The summed E-state index contributed by atoms with van der Waals surface area (Å²) in [5.41, 5.74) is 1.88. The van der Waals surface area contributed by atoms with E-state index in [-0.39, 0.29) is 11.9 Å². The smallest absolute Gasteiger partial charge is 0.127 e. The van der Waals surface area contributed by atoms with E-state index in [1.807, 2.05) is 37.3 Å². The van der Waals surface area contributed by atoms with Gasteiger partial charge in [-0.1, -0.05) is 46.3 Å².